The van der Waals surface area contributed by atoms with Gasteiger partial charge in [0.15, 0.2) is 0 Å². The average Bonchev–Trinajstić information content (AvgIpc) is 2.94. The molecule has 2 aliphatic carbocycles. The molecule has 1 nitrogen and oxygen atoms in total. The number of rotatable bonds is 1. The van der Waals surface area contributed by atoms with Crippen LogP contribution >= 0.6 is 0 Å². The molecule has 0 aliphatic heterocycles. The van der Waals surface area contributed by atoms with Crippen LogP contribution in [0.1, 0.15) is 77.6 Å². The summed E-state index contributed by atoms with van der Waals surface area (Å²) < 4.78 is 2.57. The first kappa shape index (κ1) is 18.3. The predicted octanol–water partition coefficient (Wildman–Crippen LogP) is 7.51. The van der Waals surface area contributed by atoms with Gasteiger partial charge < -0.3 is 4.57 Å². The third-order valence-electron chi connectivity index (χ3n) is 6.17. The highest BCUT2D eigenvalue weighted by atomic mass is 15.0. The van der Waals surface area contributed by atoms with Crippen LogP contribution in [0, 0.1) is 5.41 Å². The summed E-state index contributed by atoms with van der Waals surface area (Å²) in [6.07, 6.45) is 13.9. The molecule has 1 aromatic heterocycles. The fraction of sp³-hybridized carbons (Fsp3) is 0.462. The van der Waals surface area contributed by atoms with Crippen molar-refractivity contribution in [3.63, 3.8) is 0 Å². The Morgan fingerprint density at radius 1 is 0.889 bits per heavy atom. The zero-order chi connectivity index (χ0) is 19.4. The molecule has 0 spiro atoms. The number of fused-ring (bicyclic) bond motifs is 3. The van der Waals surface area contributed by atoms with E-state index in [0.29, 0.717) is 0 Å². The van der Waals surface area contributed by atoms with Crippen molar-refractivity contribution in [2.75, 3.05) is 0 Å². The van der Waals surface area contributed by atoms with Crippen LogP contribution in [0.3, 0.4) is 0 Å². The summed E-state index contributed by atoms with van der Waals surface area (Å²) in [7, 11) is 0. The van der Waals surface area contributed by atoms with Gasteiger partial charge in [0.2, 0.25) is 0 Å². The SMILES string of the molecule is CC(C)(C)C1=Cc2c(n(C3=CC=CCC3)c3ccc(C(C)(C)C)cc23)CC1. The number of nitrogens with zero attached hydrogens (tertiary/aromatic N) is 1. The first-order chi connectivity index (χ1) is 12.7. The van der Waals surface area contributed by atoms with Crippen LogP contribution < -0.4 is 0 Å². The Morgan fingerprint density at radius 2 is 1.67 bits per heavy atom. The molecule has 0 atom stereocenters. The van der Waals surface area contributed by atoms with Crippen LogP contribution in [0.25, 0.3) is 22.7 Å². The normalized spacial score (nSPS) is 17.7. The zero-order valence-corrected chi connectivity index (χ0v) is 17.8. The molecule has 0 radical (unpaired) electrons. The molecular formula is C26H33N. The Hall–Kier alpha value is -2.02. The number of hydrogen-bond donors (Lipinski definition) is 0. The zero-order valence-electron chi connectivity index (χ0n) is 17.8. The van der Waals surface area contributed by atoms with Crippen LogP contribution in [-0.4, -0.2) is 4.57 Å². The summed E-state index contributed by atoms with van der Waals surface area (Å²) in [5.41, 5.74) is 9.19. The van der Waals surface area contributed by atoms with Crippen molar-refractivity contribution in [3.05, 3.63) is 58.8 Å². The molecule has 0 unspecified atom stereocenters. The summed E-state index contributed by atoms with van der Waals surface area (Å²) in [5, 5.41) is 1.43. The van der Waals surface area contributed by atoms with Crippen LogP contribution in [0.4, 0.5) is 0 Å². The fourth-order valence-electron chi connectivity index (χ4n) is 4.44. The number of benzene rings is 1. The highest BCUT2D eigenvalue weighted by Crippen LogP contribution is 2.42. The third kappa shape index (κ3) is 3.22. The molecule has 0 bridgehead atoms. The molecule has 4 rings (SSSR count). The lowest BCUT2D eigenvalue weighted by Gasteiger charge is -2.27. The molecule has 0 amide bonds. The maximum absolute atomic E-state index is 2.57. The number of aromatic nitrogens is 1. The smallest absolute Gasteiger partial charge is 0.0534 e. The first-order valence-corrected chi connectivity index (χ1v) is 10.4. The van der Waals surface area contributed by atoms with E-state index >= 15 is 0 Å². The summed E-state index contributed by atoms with van der Waals surface area (Å²) in [4.78, 5) is 0. The minimum Gasteiger partial charge on any atom is -0.317 e. The van der Waals surface area contributed by atoms with Crippen molar-refractivity contribution in [2.45, 2.75) is 72.6 Å². The lowest BCUT2D eigenvalue weighted by molar-refractivity contribution is 0.483. The van der Waals surface area contributed by atoms with Gasteiger partial charge in [-0.25, -0.2) is 0 Å². The van der Waals surface area contributed by atoms with Crippen molar-refractivity contribution in [1.82, 2.24) is 4.57 Å². The molecule has 27 heavy (non-hydrogen) atoms. The molecule has 1 heteroatoms. The molecular weight excluding hydrogens is 326 g/mol. The summed E-state index contributed by atoms with van der Waals surface area (Å²) in [6.45, 7) is 14.0. The summed E-state index contributed by atoms with van der Waals surface area (Å²) >= 11 is 0. The van der Waals surface area contributed by atoms with Gasteiger partial charge >= 0.3 is 0 Å². The van der Waals surface area contributed by atoms with E-state index in [1.807, 2.05) is 0 Å². The van der Waals surface area contributed by atoms with Gasteiger partial charge in [0.05, 0.1) is 5.52 Å². The van der Waals surface area contributed by atoms with E-state index in [-0.39, 0.29) is 10.8 Å². The molecule has 142 valence electrons. The molecule has 2 aliphatic rings. The third-order valence-corrected chi connectivity index (χ3v) is 6.17. The van der Waals surface area contributed by atoms with Crippen molar-refractivity contribution in [1.29, 1.82) is 0 Å². The molecule has 0 N–H and O–H groups in total. The maximum atomic E-state index is 2.57. The van der Waals surface area contributed by atoms with Gasteiger partial charge in [-0.1, -0.05) is 71.4 Å². The van der Waals surface area contributed by atoms with Gasteiger partial charge in [-0.15, -0.1) is 0 Å². The second-order valence-electron chi connectivity index (χ2n) is 10.2. The molecule has 2 aromatic rings. The molecule has 1 aromatic carbocycles. The van der Waals surface area contributed by atoms with Gasteiger partial charge in [-0.3, -0.25) is 0 Å². The standard InChI is InChI=1S/C26H33N/c1-25(2,3)18-12-14-23-21(16-18)22-17-19(26(4,5)6)13-15-24(22)27(23)20-10-8-7-9-11-20/h7-8,10,12,14,16-17H,9,11,13,15H2,1-6H3. The van der Waals surface area contributed by atoms with Gasteiger partial charge in [0.25, 0.3) is 0 Å². The fourth-order valence-corrected chi connectivity index (χ4v) is 4.44. The highest BCUT2D eigenvalue weighted by molar-refractivity contribution is 5.95. The highest BCUT2D eigenvalue weighted by Gasteiger charge is 2.27. The van der Waals surface area contributed by atoms with Crippen molar-refractivity contribution in [2.24, 2.45) is 5.41 Å². The van der Waals surface area contributed by atoms with E-state index < -0.39 is 0 Å². The number of hydrogen-bond acceptors (Lipinski definition) is 0. The second kappa shape index (κ2) is 6.26. The topological polar surface area (TPSA) is 4.93 Å². The van der Waals surface area contributed by atoms with Crippen molar-refractivity contribution in [3.8, 4) is 0 Å². The first-order valence-electron chi connectivity index (χ1n) is 10.4. The Kier molecular flexibility index (Phi) is 4.25. The molecule has 0 fully saturated rings. The summed E-state index contributed by atoms with van der Waals surface area (Å²) in [6, 6.07) is 7.14. The second-order valence-corrected chi connectivity index (χ2v) is 10.2. The van der Waals surface area contributed by atoms with Crippen LogP contribution in [0.2, 0.25) is 0 Å². The van der Waals surface area contributed by atoms with Gasteiger partial charge in [-0.05, 0) is 60.3 Å². The Labute approximate surface area is 164 Å². The van der Waals surface area contributed by atoms with E-state index in [4.69, 9.17) is 0 Å². The number of allylic oxidation sites excluding steroid dienone is 5. The average molecular weight is 360 g/mol. The molecule has 0 saturated heterocycles. The van der Waals surface area contributed by atoms with Gasteiger partial charge in [-0.2, -0.15) is 0 Å². The van der Waals surface area contributed by atoms with E-state index in [1.54, 1.807) is 5.57 Å². The quantitative estimate of drug-likeness (QED) is 0.496. The van der Waals surface area contributed by atoms with Crippen LogP contribution in [0.5, 0.6) is 0 Å². The minimum absolute atomic E-state index is 0.168. The van der Waals surface area contributed by atoms with Crippen LogP contribution in [0.15, 0.2) is 42.0 Å². The lowest BCUT2D eigenvalue weighted by atomic mass is 9.79. The van der Waals surface area contributed by atoms with Crippen LogP contribution in [-0.2, 0) is 11.8 Å². The predicted molar refractivity (Wildman–Crippen MR) is 119 cm³/mol. The van der Waals surface area contributed by atoms with Crippen molar-refractivity contribution < 1.29 is 0 Å². The lowest BCUT2D eigenvalue weighted by Crippen LogP contribution is -2.15. The van der Waals surface area contributed by atoms with Gasteiger partial charge in [0.1, 0.15) is 0 Å². The monoisotopic (exact) mass is 359 g/mol. The molecule has 1 heterocycles. The largest absolute Gasteiger partial charge is 0.317 e. The van der Waals surface area contributed by atoms with Gasteiger partial charge in [0, 0.05) is 22.3 Å². The van der Waals surface area contributed by atoms with E-state index in [0.717, 1.165) is 19.3 Å². The molecule has 0 saturated carbocycles. The summed E-state index contributed by atoms with van der Waals surface area (Å²) in [5.74, 6) is 0. The van der Waals surface area contributed by atoms with Crippen molar-refractivity contribution >= 4 is 22.7 Å². The van der Waals surface area contributed by atoms with E-state index in [2.05, 4.69) is 88.6 Å². The Morgan fingerprint density at radius 3 is 2.30 bits per heavy atom. The van der Waals surface area contributed by atoms with E-state index in [1.165, 1.54) is 39.8 Å². The van der Waals surface area contributed by atoms with E-state index in [9.17, 15) is 0 Å². The minimum atomic E-state index is 0.168. The Balaban J connectivity index is 2.01. The maximum Gasteiger partial charge on any atom is 0.0534 e. The Bertz CT molecular complexity index is 978.